The number of ether oxygens (including phenoxy) is 2. The van der Waals surface area contributed by atoms with Gasteiger partial charge in [-0.25, -0.2) is 9.78 Å². The SMILES string of the molecule is COc1ccc(C(=O)COC(=O)c2ncc(Cl)c(Cl)c2Cl)cc1. The Kier molecular flexibility index (Phi) is 5.82. The summed E-state index contributed by atoms with van der Waals surface area (Å²) < 4.78 is 9.90. The van der Waals surface area contributed by atoms with E-state index >= 15 is 0 Å². The molecule has 0 saturated carbocycles. The first-order valence-corrected chi connectivity index (χ1v) is 7.41. The summed E-state index contributed by atoms with van der Waals surface area (Å²) in [6, 6.07) is 6.40. The van der Waals surface area contributed by atoms with Crippen molar-refractivity contribution in [3.05, 3.63) is 56.8 Å². The van der Waals surface area contributed by atoms with Crippen molar-refractivity contribution in [1.29, 1.82) is 0 Å². The summed E-state index contributed by atoms with van der Waals surface area (Å²) in [5.74, 6) is -0.627. The molecule has 8 heteroatoms. The van der Waals surface area contributed by atoms with Crippen molar-refractivity contribution in [1.82, 2.24) is 4.98 Å². The minimum absolute atomic E-state index is 0.00300. The maximum Gasteiger partial charge on any atom is 0.358 e. The van der Waals surface area contributed by atoms with Gasteiger partial charge in [-0.05, 0) is 24.3 Å². The van der Waals surface area contributed by atoms with E-state index in [0.717, 1.165) is 0 Å². The number of methoxy groups -OCH3 is 1. The van der Waals surface area contributed by atoms with Gasteiger partial charge in [0.2, 0.25) is 0 Å². The Morgan fingerprint density at radius 1 is 1.09 bits per heavy atom. The summed E-state index contributed by atoms with van der Waals surface area (Å²) in [5.41, 5.74) is 0.176. The summed E-state index contributed by atoms with van der Waals surface area (Å²) in [6.45, 7) is -0.455. The molecule has 5 nitrogen and oxygen atoms in total. The highest BCUT2D eigenvalue weighted by Crippen LogP contribution is 2.31. The molecule has 0 radical (unpaired) electrons. The Balaban J connectivity index is 2.03. The number of carbonyl (C=O) groups excluding carboxylic acids is 2. The van der Waals surface area contributed by atoms with Gasteiger partial charge in [0, 0.05) is 11.8 Å². The van der Waals surface area contributed by atoms with E-state index in [0.29, 0.717) is 11.3 Å². The number of pyridine rings is 1. The van der Waals surface area contributed by atoms with Gasteiger partial charge >= 0.3 is 5.97 Å². The number of carbonyl (C=O) groups is 2. The number of hydrogen-bond acceptors (Lipinski definition) is 5. The topological polar surface area (TPSA) is 65.5 Å². The van der Waals surface area contributed by atoms with Crippen LogP contribution in [-0.4, -0.2) is 30.5 Å². The predicted molar refractivity (Wildman–Crippen MR) is 86.9 cm³/mol. The highest BCUT2D eigenvalue weighted by molar-refractivity contribution is 6.48. The number of esters is 1. The Labute approximate surface area is 147 Å². The van der Waals surface area contributed by atoms with Crippen molar-refractivity contribution in [2.45, 2.75) is 0 Å². The van der Waals surface area contributed by atoms with Crippen LogP contribution < -0.4 is 4.74 Å². The third-order valence-electron chi connectivity index (χ3n) is 2.86. The molecule has 120 valence electrons. The molecule has 0 aliphatic rings. The maximum absolute atomic E-state index is 12.0. The number of rotatable bonds is 5. The molecule has 0 unspecified atom stereocenters. The number of hydrogen-bond donors (Lipinski definition) is 0. The first-order valence-electron chi connectivity index (χ1n) is 6.28. The monoisotopic (exact) mass is 373 g/mol. The second-order valence-corrected chi connectivity index (χ2v) is 5.47. The molecule has 1 aromatic heterocycles. The van der Waals surface area contributed by atoms with Crippen LogP contribution in [0.5, 0.6) is 5.75 Å². The average molecular weight is 375 g/mol. The van der Waals surface area contributed by atoms with Crippen LogP contribution >= 0.6 is 34.8 Å². The summed E-state index contributed by atoms with van der Waals surface area (Å²) in [7, 11) is 1.52. The summed E-state index contributed by atoms with van der Waals surface area (Å²) in [4.78, 5) is 27.7. The average Bonchev–Trinajstić information content (AvgIpc) is 2.57. The lowest BCUT2D eigenvalue weighted by molar-refractivity contribution is 0.0469. The van der Waals surface area contributed by atoms with Gasteiger partial charge in [0.05, 0.1) is 22.2 Å². The molecule has 0 aliphatic carbocycles. The molecule has 23 heavy (non-hydrogen) atoms. The molecule has 0 atom stereocenters. The van der Waals surface area contributed by atoms with Gasteiger partial charge in [-0.1, -0.05) is 34.8 Å². The first-order chi connectivity index (χ1) is 10.9. The van der Waals surface area contributed by atoms with E-state index in [1.165, 1.54) is 13.3 Å². The molecule has 2 aromatic rings. The minimum atomic E-state index is -0.865. The third kappa shape index (κ3) is 4.13. The fourth-order valence-electron chi connectivity index (χ4n) is 1.65. The molecule has 1 aromatic carbocycles. The lowest BCUT2D eigenvalue weighted by Crippen LogP contribution is -2.15. The van der Waals surface area contributed by atoms with E-state index in [2.05, 4.69) is 4.98 Å². The van der Waals surface area contributed by atoms with E-state index < -0.39 is 12.6 Å². The Bertz CT molecular complexity index is 747. The van der Waals surface area contributed by atoms with Gasteiger partial charge in [-0.2, -0.15) is 0 Å². The molecule has 0 amide bonds. The van der Waals surface area contributed by atoms with Crippen molar-refractivity contribution >= 4 is 46.6 Å². The zero-order chi connectivity index (χ0) is 17.0. The highest BCUT2D eigenvalue weighted by atomic mass is 35.5. The summed E-state index contributed by atoms with van der Waals surface area (Å²) in [5, 5.41) is -0.0136. The fraction of sp³-hybridized carbons (Fsp3) is 0.133. The van der Waals surface area contributed by atoms with Crippen molar-refractivity contribution in [3.8, 4) is 5.75 Å². The lowest BCUT2D eigenvalue weighted by Gasteiger charge is -2.07. The van der Waals surface area contributed by atoms with Crippen LogP contribution in [0, 0.1) is 0 Å². The van der Waals surface area contributed by atoms with Gasteiger partial charge < -0.3 is 9.47 Å². The zero-order valence-corrected chi connectivity index (χ0v) is 14.1. The standard InChI is InChI=1S/C15H10Cl3NO4/c1-22-9-4-2-8(3-5-9)11(20)7-23-15(21)14-13(18)12(17)10(16)6-19-14/h2-6H,7H2,1H3. The van der Waals surface area contributed by atoms with Crippen LogP contribution in [-0.2, 0) is 4.74 Å². The number of aromatic nitrogens is 1. The molecule has 0 spiro atoms. The Morgan fingerprint density at radius 2 is 1.74 bits per heavy atom. The van der Waals surface area contributed by atoms with Crippen LogP contribution in [0.1, 0.15) is 20.8 Å². The smallest absolute Gasteiger partial charge is 0.358 e. The van der Waals surface area contributed by atoms with Crippen molar-refractivity contribution in [2.75, 3.05) is 13.7 Å². The molecule has 0 aliphatic heterocycles. The van der Waals surface area contributed by atoms with Gasteiger partial charge in [0.1, 0.15) is 5.75 Å². The highest BCUT2D eigenvalue weighted by Gasteiger charge is 2.19. The maximum atomic E-state index is 12.0. The number of Topliss-reactive ketones (excluding diaryl/α,β-unsaturated/α-hetero) is 1. The van der Waals surface area contributed by atoms with E-state index in [1.807, 2.05) is 0 Å². The predicted octanol–water partition coefficient (Wildman–Crippen LogP) is 4.09. The normalized spacial score (nSPS) is 10.3. The molecule has 0 N–H and O–H groups in total. The number of nitrogens with zero attached hydrogens (tertiary/aromatic N) is 1. The molecular weight excluding hydrogens is 365 g/mol. The molecule has 0 bridgehead atoms. The second kappa shape index (κ2) is 7.64. The van der Waals surface area contributed by atoms with E-state index in [4.69, 9.17) is 44.3 Å². The van der Waals surface area contributed by atoms with Gasteiger partial charge in [0.25, 0.3) is 0 Å². The molecule has 1 heterocycles. The lowest BCUT2D eigenvalue weighted by atomic mass is 10.1. The van der Waals surface area contributed by atoms with E-state index in [9.17, 15) is 9.59 Å². The van der Waals surface area contributed by atoms with Crippen LogP contribution in [0.2, 0.25) is 15.1 Å². The van der Waals surface area contributed by atoms with Crippen molar-refractivity contribution in [3.63, 3.8) is 0 Å². The molecular formula is C15H10Cl3NO4. The fourth-order valence-corrected chi connectivity index (χ4v) is 2.20. The van der Waals surface area contributed by atoms with E-state index in [1.54, 1.807) is 24.3 Å². The van der Waals surface area contributed by atoms with Crippen LogP contribution in [0.3, 0.4) is 0 Å². The largest absolute Gasteiger partial charge is 0.497 e. The third-order valence-corrected chi connectivity index (χ3v) is 4.10. The Hall–Kier alpha value is -1.82. The quantitative estimate of drug-likeness (QED) is 0.582. The Morgan fingerprint density at radius 3 is 2.35 bits per heavy atom. The molecule has 2 rings (SSSR count). The molecule has 0 fully saturated rings. The number of ketones is 1. The number of benzene rings is 1. The first kappa shape index (κ1) is 17.5. The zero-order valence-electron chi connectivity index (χ0n) is 11.8. The van der Waals surface area contributed by atoms with Gasteiger partial charge in [-0.15, -0.1) is 0 Å². The van der Waals surface area contributed by atoms with Gasteiger partial charge in [-0.3, -0.25) is 4.79 Å². The second-order valence-electron chi connectivity index (χ2n) is 4.31. The van der Waals surface area contributed by atoms with Crippen LogP contribution in [0.25, 0.3) is 0 Å². The van der Waals surface area contributed by atoms with Gasteiger partial charge in [0.15, 0.2) is 18.1 Å². The van der Waals surface area contributed by atoms with Crippen molar-refractivity contribution in [2.24, 2.45) is 0 Å². The molecule has 0 saturated heterocycles. The van der Waals surface area contributed by atoms with E-state index in [-0.39, 0.29) is 26.5 Å². The minimum Gasteiger partial charge on any atom is -0.497 e. The van der Waals surface area contributed by atoms with Crippen molar-refractivity contribution < 1.29 is 19.1 Å². The summed E-state index contributed by atoms with van der Waals surface area (Å²) in [6.07, 6.45) is 1.18. The van der Waals surface area contributed by atoms with Crippen LogP contribution in [0.15, 0.2) is 30.5 Å². The van der Waals surface area contributed by atoms with Crippen LogP contribution in [0.4, 0.5) is 0 Å². The summed E-state index contributed by atoms with van der Waals surface area (Å²) >= 11 is 17.4. The number of halogens is 3.